The van der Waals surface area contributed by atoms with Gasteiger partial charge in [0.25, 0.3) is 0 Å². The van der Waals surface area contributed by atoms with Gasteiger partial charge in [-0.15, -0.1) is 21.5 Å². The van der Waals surface area contributed by atoms with Crippen molar-refractivity contribution >= 4 is 34.7 Å². The Balaban J connectivity index is 1.75. The third-order valence-corrected chi connectivity index (χ3v) is 6.10. The number of benzene rings is 2. The Morgan fingerprint density at radius 1 is 1.14 bits per heavy atom. The molecule has 142 valence electrons. The van der Waals surface area contributed by atoms with Gasteiger partial charge in [-0.25, -0.2) is 4.98 Å². The third-order valence-electron chi connectivity index (χ3n) is 4.06. The summed E-state index contributed by atoms with van der Waals surface area (Å²) in [7, 11) is 1.65. The van der Waals surface area contributed by atoms with Gasteiger partial charge < -0.3 is 4.74 Å². The Bertz CT molecular complexity index is 1090. The molecule has 0 aliphatic heterocycles. The summed E-state index contributed by atoms with van der Waals surface area (Å²) in [5, 5.41) is 13.5. The number of hydrogen-bond acceptors (Lipinski definition) is 6. The number of methoxy groups -OCH3 is 1. The molecule has 4 rings (SSSR count). The Kier molecular flexibility index (Phi) is 5.66. The largest absolute Gasteiger partial charge is 0.497 e. The fourth-order valence-corrected chi connectivity index (χ4v) is 4.44. The molecule has 0 aliphatic rings. The van der Waals surface area contributed by atoms with Gasteiger partial charge >= 0.3 is 0 Å². The van der Waals surface area contributed by atoms with E-state index in [4.69, 9.17) is 16.3 Å². The lowest BCUT2D eigenvalue weighted by atomic mass is 10.2. The number of hydrogen-bond donors (Lipinski definition) is 0. The normalized spacial score (nSPS) is 11.0. The van der Waals surface area contributed by atoms with Crippen molar-refractivity contribution < 1.29 is 4.74 Å². The molecule has 0 radical (unpaired) electrons. The van der Waals surface area contributed by atoms with Crippen LogP contribution in [0.25, 0.3) is 17.1 Å². The van der Waals surface area contributed by atoms with Gasteiger partial charge in [0.1, 0.15) is 5.75 Å². The smallest absolute Gasteiger partial charge is 0.196 e. The highest BCUT2D eigenvalue weighted by atomic mass is 35.5. The molecule has 0 saturated heterocycles. The third kappa shape index (κ3) is 4.06. The van der Waals surface area contributed by atoms with Crippen molar-refractivity contribution in [3.63, 3.8) is 0 Å². The van der Waals surface area contributed by atoms with Crippen LogP contribution in [0.5, 0.6) is 5.75 Å². The van der Waals surface area contributed by atoms with Crippen LogP contribution in [0, 0.1) is 6.92 Å². The molecule has 0 atom stereocenters. The maximum absolute atomic E-state index is 6.08. The number of rotatable bonds is 6. The van der Waals surface area contributed by atoms with Gasteiger partial charge in [-0.2, -0.15) is 0 Å². The second kappa shape index (κ2) is 8.34. The van der Waals surface area contributed by atoms with Gasteiger partial charge in [0, 0.05) is 27.4 Å². The average molecular weight is 429 g/mol. The topological polar surface area (TPSA) is 52.8 Å². The van der Waals surface area contributed by atoms with E-state index in [2.05, 4.69) is 20.6 Å². The number of halogens is 1. The molecule has 2 aromatic heterocycles. The molecule has 0 bridgehead atoms. The number of aromatic nitrogens is 4. The van der Waals surface area contributed by atoms with Crippen LogP contribution in [0.1, 0.15) is 10.7 Å². The lowest BCUT2D eigenvalue weighted by molar-refractivity contribution is 0.415. The maximum atomic E-state index is 6.08. The molecule has 0 unspecified atom stereocenters. The minimum Gasteiger partial charge on any atom is -0.497 e. The average Bonchev–Trinajstić information content (AvgIpc) is 3.33. The summed E-state index contributed by atoms with van der Waals surface area (Å²) in [5.41, 5.74) is 2.92. The van der Waals surface area contributed by atoms with Crippen LogP contribution >= 0.6 is 34.7 Å². The van der Waals surface area contributed by atoms with E-state index in [1.807, 2.05) is 60.0 Å². The van der Waals surface area contributed by atoms with Crippen molar-refractivity contribution in [1.29, 1.82) is 0 Å². The second-order valence-electron chi connectivity index (χ2n) is 6.00. The molecule has 2 heterocycles. The van der Waals surface area contributed by atoms with E-state index in [9.17, 15) is 0 Å². The predicted octanol–water partition coefficient (Wildman–Crippen LogP) is 5.65. The van der Waals surface area contributed by atoms with E-state index in [-0.39, 0.29) is 0 Å². The molecule has 2 aromatic carbocycles. The minimum atomic E-state index is 0.687. The summed E-state index contributed by atoms with van der Waals surface area (Å²) >= 11 is 9.34. The molecular formula is C20H17ClN4OS2. The number of nitrogens with zero attached hydrogens (tertiary/aromatic N) is 4. The molecule has 0 spiro atoms. The van der Waals surface area contributed by atoms with Crippen molar-refractivity contribution in [1.82, 2.24) is 19.7 Å². The molecule has 5 nitrogen and oxygen atoms in total. The van der Waals surface area contributed by atoms with E-state index < -0.39 is 0 Å². The van der Waals surface area contributed by atoms with Crippen LogP contribution in [-0.2, 0) is 5.75 Å². The van der Waals surface area contributed by atoms with Crippen LogP contribution in [0.3, 0.4) is 0 Å². The highest BCUT2D eigenvalue weighted by molar-refractivity contribution is 7.98. The maximum Gasteiger partial charge on any atom is 0.196 e. The fourth-order valence-electron chi connectivity index (χ4n) is 2.75. The van der Waals surface area contributed by atoms with E-state index in [1.54, 1.807) is 30.2 Å². The first-order valence-electron chi connectivity index (χ1n) is 8.53. The molecule has 0 N–H and O–H groups in total. The Morgan fingerprint density at radius 2 is 1.96 bits per heavy atom. The molecular weight excluding hydrogens is 412 g/mol. The highest BCUT2D eigenvalue weighted by Gasteiger charge is 2.17. The highest BCUT2D eigenvalue weighted by Crippen LogP contribution is 2.31. The van der Waals surface area contributed by atoms with Crippen molar-refractivity contribution in [2.45, 2.75) is 17.8 Å². The summed E-state index contributed by atoms with van der Waals surface area (Å²) in [5.74, 6) is 2.25. The summed E-state index contributed by atoms with van der Waals surface area (Å²) in [4.78, 5) is 4.53. The van der Waals surface area contributed by atoms with Gasteiger partial charge in [-0.1, -0.05) is 35.5 Å². The molecule has 8 heteroatoms. The zero-order valence-electron chi connectivity index (χ0n) is 15.3. The van der Waals surface area contributed by atoms with Crippen LogP contribution < -0.4 is 4.74 Å². The monoisotopic (exact) mass is 428 g/mol. The van der Waals surface area contributed by atoms with Crippen LogP contribution in [0.2, 0.25) is 5.02 Å². The molecule has 4 aromatic rings. The Morgan fingerprint density at radius 3 is 2.68 bits per heavy atom. The van der Waals surface area contributed by atoms with Crippen LogP contribution in [-0.4, -0.2) is 26.9 Å². The molecule has 28 heavy (non-hydrogen) atoms. The first kappa shape index (κ1) is 19.0. The number of aryl methyl sites for hydroxylation is 1. The summed E-state index contributed by atoms with van der Waals surface area (Å²) in [6.07, 6.45) is 0. The van der Waals surface area contributed by atoms with Gasteiger partial charge in [0.05, 0.1) is 17.8 Å². The van der Waals surface area contributed by atoms with Crippen molar-refractivity contribution in [2.75, 3.05) is 7.11 Å². The van der Waals surface area contributed by atoms with Crippen molar-refractivity contribution in [2.24, 2.45) is 0 Å². The SMILES string of the molecule is COc1cccc(-c2nnc(SCc3csc(C)n3)n2-c2ccc(Cl)cc2)c1. The van der Waals surface area contributed by atoms with Gasteiger partial charge in [0.2, 0.25) is 0 Å². The molecule has 0 fully saturated rings. The standard InChI is InChI=1S/C20H17ClN4OS2/c1-13-22-16(11-27-13)12-28-20-24-23-19(14-4-3-5-18(10-14)26-2)25(20)17-8-6-15(21)7-9-17/h3-11H,12H2,1-2H3. The predicted molar refractivity (Wildman–Crippen MR) is 115 cm³/mol. The Hall–Kier alpha value is -2.35. The van der Waals surface area contributed by atoms with Crippen LogP contribution in [0.4, 0.5) is 0 Å². The van der Waals surface area contributed by atoms with Crippen molar-refractivity contribution in [3.8, 4) is 22.8 Å². The van der Waals surface area contributed by atoms with Crippen molar-refractivity contribution in [3.05, 3.63) is 69.6 Å². The number of thioether (sulfide) groups is 1. The Labute approximate surface area is 176 Å². The molecule has 0 amide bonds. The summed E-state index contributed by atoms with van der Waals surface area (Å²) < 4.78 is 7.40. The summed E-state index contributed by atoms with van der Waals surface area (Å²) in [6.45, 7) is 2.01. The van der Waals surface area contributed by atoms with Gasteiger partial charge in [0.15, 0.2) is 11.0 Å². The van der Waals surface area contributed by atoms with E-state index in [0.717, 1.165) is 44.4 Å². The number of thiazole rings is 1. The minimum absolute atomic E-state index is 0.687. The summed E-state index contributed by atoms with van der Waals surface area (Å²) in [6, 6.07) is 15.5. The quantitative estimate of drug-likeness (QED) is 0.371. The molecule has 0 saturated carbocycles. The lowest BCUT2D eigenvalue weighted by Crippen LogP contribution is -2.00. The first-order chi connectivity index (χ1) is 13.6. The lowest BCUT2D eigenvalue weighted by Gasteiger charge is -2.11. The van der Waals surface area contributed by atoms with E-state index in [0.29, 0.717) is 5.02 Å². The zero-order valence-corrected chi connectivity index (χ0v) is 17.7. The van der Waals surface area contributed by atoms with Crippen LogP contribution in [0.15, 0.2) is 59.1 Å². The zero-order chi connectivity index (χ0) is 19.5. The fraction of sp³-hybridized carbons (Fsp3) is 0.150. The number of ether oxygens (including phenoxy) is 1. The first-order valence-corrected chi connectivity index (χ1v) is 10.8. The van der Waals surface area contributed by atoms with Gasteiger partial charge in [-0.05, 0) is 43.3 Å². The van der Waals surface area contributed by atoms with Gasteiger partial charge in [-0.3, -0.25) is 4.57 Å². The second-order valence-corrected chi connectivity index (χ2v) is 8.44. The van der Waals surface area contributed by atoms with E-state index >= 15 is 0 Å². The van der Waals surface area contributed by atoms with E-state index in [1.165, 1.54) is 0 Å². The molecule has 0 aliphatic carbocycles.